The fourth-order valence-corrected chi connectivity index (χ4v) is 7.01. The second kappa shape index (κ2) is 11.4. The highest BCUT2D eigenvalue weighted by atomic mass is 31.2. The van der Waals surface area contributed by atoms with Crippen LogP contribution in [0, 0.1) is 17.3 Å². The lowest BCUT2D eigenvalue weighted by atomic mass is 9.77. The molecule has 0 spiro atoms. The van der Waals surface area contributed by atoms with Crippen LogP contribution < -0.4 is 10.6 Å². The zero-order valence-electron chi connectivity index (χ0n) is 21.5. The number of ether oxygens (including phenoxy) is 1. The Morgan fingerprint density at radius 2 is 1.17 bits per heavy atom. The van der Waals surface area contributed by atoms with Crippen molar-refractivity contribution in [2.45, 2.75) is 53.8 Å². The van der Waals surface area contributed by atoms with Crippen molar-refractivity contribution in [3.8, 4) is 0 Å². The quantitative estimate of drug-likeness (QED) is 0.242. The Bertz CT molecular complexity index is 1080. The lowest BCUT2D eigenvalue weighted by Gasteiger charge is -2.41. The average Bonchev–Trinajstić information content (AvgIpc) is 2.86. The molecule has 3 atom stereocenters. The van der Waals surface area contributed by atoms with Gasteiger partial charge in [-0.05, 0) is 47.7 Å². The molecule has 0 fully saturated rings. The number of rotatable bonds is 9. The van der Waals surface area contributed by atoms with Crippen molar-refractivity contribution < 1.29 is 18.6 Å². The summed E-state index contributed by atoms with van der Waals surface area (Å²) in [5.74, 6) is -0.541. The lowest BCUT2D eigenvalue weighted by molar-refractivity contribution is -0.0501. The number of hydrogen-bond donors (Lipinski definition) is 0. The van der Waals surface area contributed by atoms with Crippen molar-refractivity contribution >= 4 is 23.9 Å². The third kappa shape index (κ3) is 6.51. The van der Waals surface area contributed by atoms with Crippen LogP contribution in [0.5, 0.6) is 0 Å². The molecule has 0 radical (unpaired) electrons. The zero-order chi connectivity index (χ0) is 25.6. The van der Waals surface area contributed by atoms with Crippen LogP contribution in [0.1, 0.15) is 51.9 Å². The molecule has 186 valence electrons. The fourth-order valence-electron chi connectivity index (χ4n) is 4.51. The Hall–Kier alpha value is -2.68. The minimum absolute atomic E-state index is 0.0407. The summed E-state index contributed by atoms with van der Waals surface area (Å²) in [5.41, 5.74) is 0.142. The highest BCUT2D eigenvalue weighted by molar-refractivity contribution is 7.74. The average molecular weight is 493 g/mol. The zero-order valence-corrected chi connectivity index (χ0v) is 22.4. The smallest absolute Gasteiger partial charge is 0.338 e. The SMILES string of the molecule is CC(C)C(OC(=O)c1ccccc1)C(C)C(OP(=O)(c1ccccc1)c1ccccc1)C(C)(C)C. The van der Waals surface area contributed by atoms with E-state index >= 15 is 0 Å². The maximum Gasteiger partial charge on any atom is 0.338 e. The molecule has 3 aromatic carbocycles. The molecule has 0 aliphatic carbocycles. The Balaban J connectivity index is 2.00. The molecule has 3 rings (SSSR count). The van der Waals surface area contributed by atoms with E-state index in [0.717, 1.165) is 0 Å². The molecule has 5 heteroatoms. The highest BCUT2D eigenvalue weighted by Gasteiger charge is 2.43. The van der Waals surface area contributed by atoms with Gasteiger partial charge >= 0.3 is 5.97 Å². The van der Waals surface area contributed by atoms with Gasteiger partial charge in [0.1, 0.15) is 6.10 Å². The maximum absolute atomic E-state index is 14.7. The van der Waals surface area contributed by atoms with Crippen molar-refractivity contribution in [2.75, 3.05) is 0 Å². The molecule has 0 bridgehead atoms. The monoisotopic (exact) mass is 492 g/mol. The van der Waals surface area contributed by atoms with E-state index in [1.165, 1.54) is 0 Å². The van der Waals surface area contributed by atoms with Crippen LogP contribution in [0.4, 0.5) is 0 Å². The van der Waals surface area contributed by atoms with E-state index in [4.69, 9.17) is 9.26 Å². The maximum atomic E-state index is 14.7. The van der Waals surface area contributed by atoms with Crippen LogP contribution in [0.25, 0.3) is 0 Å². The molecule has 0 N–H and O–H groups in total. The molecule has 0 aliphatic heterocycles. The standard InChI is InChI=1S/C30H37O4P/c1-22(2)27(33-29(31)24-16-10-7-11-17-24)23(3)28(30(4,5)6)34-35(32,25-18-12-8-13-19-25)26-20-14-9-15-21-26/h7-23,27-28H,1-6H3. The summed E-state index contributed by atoms with van der Waals surface area (Å²) in [5, 5.41) is 1.30. The number of carbonyl (C=O) groups excluding carboxylic acids is 1. The van der Waals surface area contributed by atoms with Crippen LogP contribution in [-0.4, -0.2) is 18.2 Å². The third-order valence-corrected chi connectivity index (χ3v) is 8.69. The molecule has 35 heavy (non-hydrogen) atoms. The molecule has 0 saturated heterocycles. The number of esters is 1. The van der Waals surface area contributed by atoms with Crippen LogP contribution in [0.3, 0.4) is 0 Å². The van der Waals surface area contributed by atoms with E-state index in [1.807, 2.05) is 99.6 Å². The van der Waals surface area contributed by atoms with Gasteiger partial charge in [0, 0.05) is 16.5 Å². The molecule has 4 nitrogen and oxygen atoms in total. The number of carbonyl (C=O) groups is 1. The minimum Gasteiger partial charge on any atom is -0.458 e. The van der Waals surface area contributed by atoms with Crippen LogP contribution >= 0.6 is 7.37 Å². The molecular weight excluding hydrogens is 455 g/mol. The first-order chi connectivity index (χ1) is 16.5. The van der Waals surface area contributed by atoms with Gasteiger partial charge in [-0.15, -0.1) is 0 Å². The first-order valence-electron chi connectivity index (χ1n) is 12.2. The lowest BCUT2D eigenvalue weighted by Crippen LogP contribution is -2.45. The van der Waals surface area contributed by atoms with Gasteiger partial charge in [-0.3, -0.25) is 4.57 Å². The fraction of sp³-hybridized carbons (Fsp3) is 0.367. The van der Waals surface area contributed by atoms with E-state index < -0.39 is 19.6 Å². The van der Waals surface area contributed by atoms with Gasteiger partial charge in [-0.1, -0.05) is 96.1 Å². The van der Waals surface area contributed by atoms with Crippen molar-refractivity contribution in [3.63, 3.8) is 0 Å². The Morgan fingerprint density at radius 3 is 1.57 bits per heavy atom. The first kappa shape index (κ1) is 26.9. The first-order valence-corrected chi connectivity index (χ1v) is 13.8. The topological polar surface area (TPSA) is 52.6 Å². The van der Waals surface area contributed by atoms with Gasteiger partial charge in [0.25, 0.3) is 7.37 Å². The van der Waals surface area contributed by atoms with E-state index in [0.29, 0.717) is 16.2 Å². The molecule has 0 saturated carbocycles. The van der Waals surface area contributed by atoms with E-state index in [-0.39, 0.29) is 23.2 Å². The van der Waals surface area contributed by atoms with E-state index in [2.05, 4.69) is 20.8 Å². The second-order valence-corrected chi connectivity index (χ2v) is 12.8. The molecule has 0 amide bonds. The Morgan fingerprint density at radius 1 is 0.743 bits per heavy atom. The van der Waals surface area contributed by atoms with Crippen molar-refractivity contribution in [1.29, 1.82) is 0 Å². The third-order valence-electron chi connectivity index (χ3n) is 6.21. The van der Waals surface area contributed by atoms with Crippen molar-refractivity contribution in [1.82, 2.24) is 0 Å². The van der Waals surface area contributed by atoms with E-state index in [9.17, 15) is 9.36 Å². The summed E-state index contributed by atoms with van der Waals surface area (Å²) in [4.78, 5) is 12.9. The van der Waals surface area contributed by atoms with Gasteiger partial charge in [0.15, 0.2) is 0 Å². The van der Waals surface area contributed by atoms with Gasteiger partial charge in [0.05, 0.1) is 11.7 Å². The molecule has 0 aliphatic rings. The summed E-state index contributed by atoms with van der Waals surface area (Å²) in [6, 6.07) is 27.7. The number of hydrogen-bond acceptors (Lipinski definition) is 4. The normalized spacial score (nSPS) is 14.8. The Labute approximate surface area is 210 Å². The summed E-state index contributed by atoms with van der Waals surface area (Å²) in [6.07, 6.45) is -0.878. The Kier molecular flexibility index (Phi) is 8.74. The summed E-state index contributed by atoms with van der Waals surface area (Å²) >= 11 is 0. The van der Waals surface area contributed by atoms with Gasteiger partial charge in [0.2, 0.25) is 0 Å². The predicted octanol–water partition coefficient (Wildman–Crippen LogP) is 6.86. The molecule has 0 heterocycles. The van der Waals surface area contributed by atoms with Crippen molar-refractivity contribution in [3.05, 3.63) is 96.6 Å². The van der Waals surface area contributed by atoms with Gasteiger partial charge in [-0.2, -0.15) is 0 Å². The predicted molar refractivity (Wildman–Crippen MR) is 144 cm³/mol. The molecule has 3 aromatic rings. The highest BCUT2D eigenvalue weighted by Crippen LogP contribution is 2.50. The largest absolute Gasteiger partial charge is 0.458 e. The summed E-state index contributed by atoms with van der Waals surface area (Å²) in [6.45, 7) is 12.3. The van der Waals surface area contributed by atoms with Crippen LogP contribution in [-0.2, 0) is 13.8 Å². The van der Waals surface area contributed by atoms with Gasteiger partial charge in [-0.25, -0.2) is 4.79 Å². The van der Waals surface area contributed by atoms with E-state index in [1.54, 1.807) is 12.1 Å². The summed E-state index contributed by atoms with van der Waals surface area (Å²) < 4.78 is 27.5. The summed E-state index contributed by atoms with van der Waals surface area (Å²) in [7, 11) is -3.43. The minimum atomic E-state index is -3.43. The van der Waals surface area contributed by atoms with Gasteiger partial charge < -0.3 is 9.26 Å². The van der Waals surface area contributed by atoms with Crippen LogP contribution in [0.2, 0.25) is 0 Å². The molecule has 0 aromatic heterocycles. The molecular formula is C30H37O4P. The second-order valence-electron chi connectivity index (χ2n) is 10.5. The molecule has 3 unspecified atom stereocenters. The number of benzene rings is 3. The van der Waals surface area contributed by atoms with Crippen molar-refractivity contribution in [2.24, 2.45) is 17.3 Å². The van der Waals surface area contributed by atoms with Crippen LogP contribution in [0.15, 0.2) is 91.0 Å².